The number of amides is 1. The SMILES string of the molecule is CCOC(=O)c1sc(NC(=O)c2ccc(COc3ccc(C(C)(C)c4ccccc4)cc3)o2)c(C(=O)OCC)c1C. The van der Waals surface area contributed by atoms with Gasteiger partial charge in [0, 0.05) is 5.41 Å². The van der Waals surface area contributed by atoms with Gasteiger partial charge in [0.05, 0.1) is 18.8 Å². The van der Waals surface area contributed by atoms with Gasteiger partial charge in [-0.05, 0) is 61.7 Å². The number of nitrogens with one attached hydrogen (secondary N) is 1. The molecule has 4 aromatic rings. The molecule has 0 unspecified atom stereocenters. The molecule has 8 nitrogen and oxygen atoms in total. The van der Waals surface area contributed by atoms with E-state index in [0.717, 1.165) is 16.9 Å². The van der Waals surface area contributed by atoms with Crippen LogP contribution < -0.4 is 10.1 Å². The lowest BCUT2D eigenvalue weighted by atomic mass is 9.78. The smallest absolute Gasteiger partial charge is 0.348 e. The van der Waals surface area contributed by atoms with Crippen LogP contribution in [0.1, 0.15) is 80.7 Å². The van der Waals surface area contributed by atoms with Crippen molar-refractivity contribution >= 4 is 34.2 Å². The third-order valence-corrected chi connectivity index (χ3v) is 7.84. The van der Waals surface area contributed by atoms with E-state index in [1.54, 1.807) is 26.8 Å². The Labute approximate surface area is 243 Å². The molecule has 0 saturated heterocycles. The fourth-order valence-electron chi connectivity index (χ4n) is 4.33. The third-order valence-electron chi connectivity index (χ3n) is 6.65. The van der Waals surface area contributed by atoms with Crippen LogP contribution >= 0.6 is 11.3 Å². The van der Waals surface area contributed by atoms with E-state index >= 15 is 0 Å². The molecule has 41 heavy (non-hydrogen) atoms. The zero-order chi connectivity index (χ0) is 29.6. The van der Waals surface area contributed by atoms with Gasteiger partial charge in [-0.25, -0.2) is 9.59 Å². The van der Waals surface area contributed by atoms with Gasteiger partial charge in [-0.1, -0.05) is 56.3 Å². The third kappa shape index (κ3) is 6.69. The van der Waals surface area contributed by atoms with E-state index < -0.39 is 17.8 Å². The monoisotopic (exact) mass is 575 g/mol. The second-order valence-corrected chi connectivity index (χ2v) is 10.7. The van der Waals surface area contributed by atoms with Gasteiger partial charge in [-0.15, -0.1) is 11.3 Å². The van der Waals surface area contributed by atoms with Crippen molar-refractivity contribution in [2.75, 3.05) is 18.5 Å². The number of furan rings is 1. The summed E-state index contributed by atoms with van der Waals surface area (Å²) in [7, 11) is 0. The number of esters is 2. The normalized spacial score (nSPS) is 11.1. The summed E-state index contributed by atoms with van der Waals surface area (Å²) >= 11 is 0.953. The molecule has 0 aliphatic heterocycles. The lowest BCUT2D eigenvalue weighted by Gasteiger charge is -2.26. The van der Waals surface area contributed by atoms with Crippen LogP contribution in [0.3, 0.4) is 0 Å². The molecule has 0 fully saturated rings. The minimum Gasteiger partial charge on any atom is -0.486 e. The highest BCUT2D eigenvalue weighted by Gasteiger charge is 2.28. The molecule has 0 bridgehead atoms. The Bertz CT molecular complexity index is 1520. The van der Waals surface area contributed by atoms with Gasteiger partial charge in [-0.2, -0.15) is 0 Å². The van der Waals surface area contributed by atoms with Crippen LogP contribution in [0.15, 0.2) is 71.1 Å². The van der Waals surface area contributed by atoms with Gasteiger partial charge >= 0.3 is 11.9 Å². The molecule has 0 saturated carbocycles. The molecule has 0 aliphatic carbocycles. The largest absolute Gasteiger partial charge is 0.486 e. The molecule has 214 valence electrons. The van der Waals surface area contributed by atoms with Gasteiger partial charge in [0.1, 0.15) is 28.0 Å². The van der Waals surface area contributed by atoms with E-state index in [9.17, 15) is 14.4 Å². The highest BCUT2D eigenvalue weighted by atomic mass is 32.1. The molecule has 0 radical (unpaired) electrons. The number of ether oxygens (including phenoxy) is 3. The first-order valence-electron chi connectivity index (χ1n) is 13.3. The van der Waals surface area contributed by atoms with Crippen LogP contribution in [-0.2, 0) is 21.5 Å². The Morgan fingerprint density at radius 1 is 0.854 bits per heavy atom. The van der Waals surface area contributed by atoms with Crippen LogP contribution in [0.2, 0.25) is 0 Å². The maximum Gasteiger partial charge on any atom is 0.348 e. The molecule has 0 aliphatic rings. The van der Waals surface area contributed by atoms with Crippen molar-refractivity contribution < 1.29 is 33.0 Å². The first kappa shape index (κ1) is 29.6. The number of benzene rings is 2. The summed E-state index contributed by atoms with van der Waals surface area (Å²) < 4.78 is 21.8. The molecule has 2 heterocycles. The molecular formula is C32H33NO7S. The Morgan fingerprint density at radius 2 is 1.49 bits per heavy atom. The second-order valence-electron chi connectivity index (χ2n) is 9.73. The maximum absolute atomic E-state index is 13.0. The molecule has 1 amide bonds. The fraction of sp³-hybridized carbons (Fsp3) is 0.281. The van der Waals surface area contributed by atoms with E-state index in [1.165, 1.54) is 11.6 Å². The van der Waals surface area contributed by atoms with Gasteiger partial charge < -0.3 is 23.9 Å². The van der Waals surface area contributed by atoms with E-state index in [0.29, 0.717) is 17.1 Å². The summed E-state index contributed by atoms with van der Waals surface area (Å²) in [6.07, 6.45) is 0. The average Bonchev–Trinajstić information content (AvgIpc) is 3.57. The van der Waals surface area contributed by atoms with E-state index in [2.05, 4.69) is 31.3 Å². The summed E-state index contributed by atoms with van der Waals surface area (Å²) in [4.78, 5) is 38.2. The average molecular weight is 576 g/mol. The lowest BCUT2D eigenvalue weighted by Crippen LogP contribution is -2.18. The van der Waals surface area contributed by atoms with Crippen molar-refractivity contribution in [3.05, 3.63) is 105 Å². The highest BCUT2D eigenvalue weighted by Crippen LogP contribution is 2.35. The number of thiophene rings is 1. The quantitative estimate of drug-likeness (QED) is 0.189. The molecule has 0 atom stereocenters. The first-order chi connectivity index (χ1) is 19.6. The zero-order valence-corrected chi connectivity index (χ0v) is 24.6. The summed E-state index contributed by atoms with van der Waals surface area (Å²) in [6.45, 7) is 9.78. The predicted octanol–water partition coefficient (Wildman–Crippen LogP) is 7.16. The molecule has 4 rings (SSSR count). The van der Waals surface area contributed by atoms with Gasteiger partial charge in [0.2, 0.25) is 0 Å². The predicted molar refractivity (Wildman–Crippen MR) is 157 cm³/mol. The zero-order valence-electron chi connectivity index (χ0n) is 23.7. The van der Waals surface area contributed by atoms with Gasteiger partial charge in [-0.3, -0.25) is 4.79 Å². The molecule has 2 aromatic carbocycles. The lowest BCUT2D eigenvalue weighted by molar-refractivity contribution is 0.0527. The minimum atomic E-state index is -0.640. The standard InChI is InChI=1S/C32H33NO7S/c1-6-37-30(35)26-20(3)27(31(36)38-7-2)41-29(26)33-28(34)25-18-17-24(40-25)19-39-23-15-13-22(14-16-23)32(4,5)21-11-9-8-10-12-21/h8-18H,6-7,19H2,1-5H3,(H,33,34). The molecule has 9 heteroatoms. The molecular weight excluding hydrogens is 542 g/mol. The van der Waals surface area contributed by atoms with Crippen molar-refractivity contribution in [2.24, 2.45) is 0 Å². The van der Waals surface area contributed by atoms with Crippen LogP contribution in [0.4, 0.5) is 5.00 Å². The van der Waals surface area contributed by atoms with Crippen molar-refractivity contribution in [2.45, 2.75) is 46.6 Å². The number of anilines is 1. The molecule has 1 N–H and O–H groups in total. The summed E-state index contributed by atoms with van der Waals surface area (Å²) in [5.74, 6) is -0.648. The minimum absolute atomic E-state index is 0.0297. The molecule has 2 aromatic heterocycles. The van der Waals surface area contributed by atoms with E-state index in [4.69, 9.17) is 18.6 Å². The van der Waals surface area contributed by atoms with Crippen molar-refractivity contribution in [3.63, 3.8) is 0 Å². The van der Waals surface area contributed by atoms with Crippen molar-refractivity contribution in [1.82, 2.24) is 0 Å². The van der Waals surface area contributed by atoms with Crippen LogP contribution in [-0.4, -0.2) is 31.1 Å². The fourth-order valence-corrected chi connectivity index (χ4v) is 5.41. The van der Waals surface area contributed by atoms with Crippen molar-refractivity contribution in [1.29, 1.82) is 0 Å². The number of hydrogen-bond acceptors (Lipinski definition) is 8. The van der Waals surface area contributed by atoms with Crippen LogP contribution in [0, 0.1) is 6.92 Å². The van der Waals surface area contributed by atoms with Gasteiger partial charge in [0.15, 0.2) is 5.76 Å². The van der Waals surface area contributed by atoms with E-state index in [-0.39, 0.29) is 46.4 Å². The second kappa shape index (κ2) is 12.9. The van der Waals surface area contributed by atoms with Crippen LogP contribution in [0.25, 0.3) is 0 Å². The summed E-state index contributed by atoms with van der Waals surface area (Å²) in [5, 5.41) is 2.86. The topological polar surface area (TPSA) is 104 Å². The maximum atomic E-state index is 13.0. The van der Waals surface area contributed by atoms with Gasteiger partial charge in [0.25, 0.3) is 5.91 Å². The number of hydrogen-bond donors (Lipinski definition) is 1. The number of carbonyl (C=O) groups is 3. The number of carbonyl (C=O) groups excluding carboxylic acids is 3. The first-order valence-corrected chi connectivity index (χ1v) is 14.1. The number of rotatable bonds is 11. The summed E-state index contributed by atoms with van der Waals surface area (Å²) in [6, 6.07) is 21.4. The molecule has 0 spiro atoms. The Kier molecular flexibility index (Phi) is 9.29. The Morgan fingerprint density at radius 3 is 2.15 bits per heavy atom. The Balaban J connectivity index is 1.43. The highest BCUT2D eigenvalue weighted by molar-refractivity contribution is 7.18. The van der Waals surface area contributed by atoms with E-state index in [1.807, 2.05) is 42.5 Å². The van der Waals surface area contributed by atoms with Crippen LogP contribution in [0.5, 0.6) is 5.75 Å². The summed E-state index contributed by atoms with van der Waals surface area (Å²) in [5.41, 5.74) is 2.72. The Hall–Kier alpha value is -4.37. The van der Waals surface area contributed by atoms with Crippen molar-refractivity contribution in [3.8, 4) is 5.75 Å².